The zero-order chi connectivity index (χ0) is 25.1. The van der Waals surface area contributed by atoms with Crippen LogP contribution in [0.5, 0.6) is 0 Å². The van der Waals surface area contributed by atoms with Crippen LogP contribution in [0, 0.1) is 11.8 Å². The Labute approximate surface area is 209 Å². The van der Waals surface area contributed by atoms with Crippen molar-refractivity contribution in [3.8, 4) is 23.0 Å². The number of rotatable bonds is 5. The van der Waals surface area contributed by atoms with Crippen LogP contribution in [0.25, 0.3) is 33.2 Å². The third-order valence-electron chi connectivity index (χ3n) is 5.96. The second kappa shape index (κ2) is 9.74. The molecule has 0 fully saturated rings. The first-order chi connectivity index (χ1) is 17.5. The molecule has 1 aliphatic rings. The maximum atomic E-state index is 11.3. The minimum absolute atomic E-state index is 0.495. The van der Waals surface area contributed by atoms with E-state index in [0.717, 1.165) is 38.7 Å². The van der Waals surface area contributed by atoms with Crippen LogP contribution >= 0.6 is 0 Å². The molecule has 0 saturated heterocycles. The highest BCUT2D eigenvalue weighted by Crippen LogP contribution is 2.38. The van der Waals surface area contributed by atoms with Gasteiger partial charge in [-0.25, -0.2) is 4.98 Å². The van der Waals surface area contributed by atoms with Gasteiger partial charge in [0, 0.05) is 41.5 Å². The van der Waals surface area contributed by atoms with Crippen LogP contribution in [0.1, 0.15) is 22.5 Å². The molecule has 0 unspecified atom stereocenters. The molecule has 7 nitrogen and oxygen atoms in total. The summed E-state index contributed by atoms with van der Waals surface area (Å²) in [5.41, 5.74) is 17.8. The number of anilines is 1. The number of hydrogen-bond acceptors (Lipinski definition) is 6. The smallest absolute Gasteiger partial charge is 0.293 e. The van der Waals surface area contributed by atoms with Gasteiger partial charge in [-0.05, 0) is 40.3 Å². The molecule has 36 heavy (non-hydrogen) atoms. The highest BCUT2D eigenvalue weighted by atomic mass is 16.1. The zero-order valence-corrected chi connectivity index (χ0v) is 19.5. The van der Waals surface area contributed by atoms with Crippen molar-refractivity contribution in [3.05, 3.63) is 102 Å². The lowest BCUT2D eigenvalue weighted by Gasteiger charge is -2.22. The summed E-state index contributed by atoms with van der Waals surface area (Å²) in [6.45, 7) is 5.19. The Morgan fingerprint density at radius 3 is 2.58 bits per heavy atom. The van der Waals surface area contributed by atoms with Gasteiger partial charge in [0.1, 0.15) is 5.82 Å². The van der Waals surface area contributed by atoms with Crippen molar-refractivity contribution in [1.82, 2.24) is 15.3 Å². The van der Waals surface area contributed by atoms with Crippen molar-refractivity contribution in [2.24, 2.45) is 11.5 Å². The van der Waals surface area contributed by atoms with Gasteiger partial charge < -0.3 is 22.1 Å². The lowest BCUT2D eigenvalue weighted by atomic mass is 9.92. The number of amides is 1. The summed E-state index contributed by atoms with van der Waals surface area (Å²) in [6, 6.07) is 20.2. The normalized spacial score (nSPS) is 12.1. The summed E-state index contributed by atoms with van der Waals surface area (Å²) in [6.07, 6.45) is 3.45. The summed E-state index contributed by atoms with van der Waals surface area (Å²) in [7, 11) is 0. The second-order valence-corrected chi connectivity index (χ2v) is 8.32. The number of nitrogens with two attached hydrogens (primary N) is 2. The Kier molecular flexibility index (Phi) is 6.18. The Morgan fingerprint density at radius 1 is 1.06 bits per heavy atom. The predicted molar refractivity (Wildman–Crippen MR) is 144 cm³/mol. The van der Waals surface area contributed by atoms with Gasteiger partial charge in [0.2, 0.25) is 0 Å². The summed E-state index contributed by atoms with van der Waals surface area (Å²) in [4.78, 5) is 20.7. The molecule has 0 radical (unpaired) electrons. The van der Waals surface area contributed by atoms with E-state index >= 15 is 0 Å². The monoisotopic (exact) mass is 472 g/mol. The van der Waals surface area contributed by atoms with Crippen LogP contribution in [0.3, 0.4) is 0 Å². The number of allylic oxidation sites excluding steroid dienone is 1. The average Bonchev–Trinajstić information content (AvgIpc) is 2.91. The molecule has 5 rings (SSSR count). The van der Waals surface area contributed by atoms with Crippen LogP contribution in [0.15, 0.2) is 79.6 Å². The Morgan fingerprint density at radius 2 is 1.86 bits per heavy atom. The van der Waals surface area contributed by atoms with Gasteiger partial charge in [0.05, 0.1) is 23.5 Å². The Hall–Kier alpha value is -4.93. The number of fused-ring (bicyclic) bond motifs is 3. The molecule has 7 heteroatoms. The molecule has 0 atom stereocenters. The Balaban J connectivity index is 1.68. The van der Waals surface area contributed by atoms with Gasteiger partial charge in [0.25, 0.3) is 5.91 Å². The topological polar surface area (TPSA) is 119 Å². The highest BCUT2D eigenvalue weighted by Gasteiger charge is 2.22. The highest BCUT2D eigenvalue weighted by molar-refractivity contribution is 6.07. The maximum Gasteiger partial charge on any atom is 0.293 e. The molecular formula is C29H24N6O. The van der Waals surface area contributed by atoms with Crippen LogP contribution in [-0.4, -0.2) is 15.9 Å². The minimum atomic E-state index is -0.709. The molecule has 1 amide bonds. The fourth-order valence-corrected chi connectivity index (χ4v) is 4.16. The number of primary amides is 1. The summed E-state index contributed by atoms with van der Waals surface area (Å²) in [5.74, 6) is 5.23. The molecule has 0 saturated carbocycles. The van der Waals surface area contributed by atoms with Crippen LogP contribution in [-0.2, 0) is 17.9 Å². The van der Waals surface area contributed by atoms with Gasteiger partial charge >= 0.3 is 0 Å². The first kappa shape index (κ1) is 22.8. The van der Waals surface area contributed by atoms with Gasteiger partial charge in [-0.15, -0.1) is 0 Å². The third kappa shape index (κ3) is 4.53. The van der Waals surface area contributed by atoms with Crippen molar-refractivity contribution in [1.29, 1.82) is 0 Å². The number of aromatic nitrogens is 2. The fourth-order valence-electron chi connectivity index (χ4n) is 4.16. The largest absolute Gasteiger partial charge is 0.364 e. The summed E-state index contributed by atoms with van der Waals surface area (Å²) < 4.78 is 0. The number of benzene rings is 2. The minimum Gasteiger partial charge on any atom is -0.364 e. The number of carbonyl (C=O) groups excluding carboxylic acids is 1. The molecule has 4 aromatic rings. The SMILES string of the molecule is C=C1NC=C(C#CC(N)=O)c2nc(NCc3ccccn3)c3ccc(-c4ccc(CN)cc4)cc3c21. The van der Waals surface area contributed by atoms with E-state index < -0.39 is 5.91 Å². The molecule has 2 aromatic carbocycles. The zero-order valence-electron chi connectivity index (χ0n) is 19.5. The van der Waals surface area contributed by atoms with Crippen molar-refractivity contribution in [2.45, 2.75) is 13.1 Å². The molecule has 3 heterocycles. The molecule has 176 valence electrons. The average molecular weight is 473 g/mol. The molecule has 1 aliphatic heterocycles. The quantitative estimate of drug-likeness (QED) is 0.328. The van der Waals surface area contributed by atoms with Crippen LogP contribution in [0.4, 0.5) is 5.82 Å². The van der Waals surface area contributed by atoms with E-state index in [1.807, 2.05) is 30.3 Å². The van der Waals surface area contributed by atoms with Gasteiger partial charge in [-0.2, -0.15) is 0 Å². The van der Waals surface area contributed by atoms with E-state index in [2.05, 4.69) is 64.4 Å². The lowest BCUT2D eigenvalue weighted by molar-refractivity contribution is -0.112. The number of pyridine rings is 2. The van der Waals surface area contributed by atoms with E-state index in [1.54, 1.807) is 12.4 Å². The van der Waals surface area contributed by atoms with Crippen molar-refractivity contribution >= 4 is 33.8 Å². The van der Waals surface area contributed by atoms with E-state index in [1.165, 1.54) is 0 Å². The molecule has 0 bridgehead atoms. The molecule has 6 N–H and O–H groups in total. The first-order valence-corrected chi connectivity index (χ1v) is 11.4. The summed E-state index contributed by atoms with van der Waals surface area (Å²) in [5, 5.41) is 8.47. The van der Waals surface area contributed by atoms with Gasteiger partial charge in [0.15, 0.2) is 0 Å². The first-order valence-electron chi connectivity index (χ1n) is 11.4. The number of nitrogens with one attached hydrogen (secondary N) is 2. The van der Waals surface area contributed by atoms with Crippen molar-refractivity contribution in [3.63, 3.8) is 0 Å². The number of carbonyl (C=O) groups is 1. The predicted octanol–water partition coefficient (Wildman–Crippen LogP) is 3.77. The fraction of sp³-hybridized carbons (Fsp3) is 0.0690. The molecule has 0 spiro atoms. The maximum absolute atomic E-state index is 11.3. The van der Waals surface area contributed by atoms with Crippen molar-refractivity contribution < 1.29 is 4.79 Å². The van der Waals surface area contributed by atoms with E-state index in [4.69, 9.17) is 16.5 Å². The van der Waals surface area contributed by atoms with Crippen LogP contribution < -0.4 is 22.1 Å². The molecule has 0 aliphatic carbocycles. The molecule has 2 aromatic heterocycles. The summed E-state index contributed by atoms with van der Waals surface area (Å²) >= 11 is 0. The van der Waals surface area contributed by atoms with Crippen LogP contribution in [0.2, 0.25) is 0 Å². The van der Waals surface area contributed by atoms with E-state index in [-0.39, 0.29) is 0 Å². The number of hydrogen-bond donors (Lipinski definition) is 4. The van der Waals surface area contributed by atoms with Crippen molar-refractivity contribution in [2.75, 3.05) is 5.32 Å². The second-order valence-electron chi connectivity index (χ2n) is 8.32. The van der Waals surface area contributed by atoms with Gasteiger partial charge in [-0.3, -0.25) is 9.78 Å². The van der Waals surface area contributed by atoms with E-state index in [0.29, 0.717) is 35.9 Å². The van der Waals surface area contributed by atoms with Gasteiger partial charge in [-0.1, -0.05) is 55.0 Å². The lowest BCUT2D eigenvalue weighted by Crippen LogP contribution is -2.16. The third-order valence-corrected chi connectivity index (χ3v) is 5.96. The van der Waals surface area contributed by atoms with E-state index in [9.17, 15) is 4.79 Å². The molecular weight excluding hydrogens is 448 g/mol. The number of nitrogens with zero attached hydrogens (tertiary/aromatic N) is 2. The standard InChI is InChI=1S/C29H24N6O/c1-18-27-25-14-21(20-7-5-19(15-30)6-8-20)9-11-24(25)29(34-17-23-4-2-3-13-32-23)35-28(27)22(16-33-18)10-12-26(31)36/h2-9,11,13-14,16,33H,1,15,17,30H2,(H2,31,36)(H,34,35). The Bertz CT molecular complexity index is 1580.